The van der Waals surface area contributed by atoms with Gasteiger partial charge in [0, 0.05) is 23.5 Å². The summed E-state index contributed by atoms with van der Waals surface area (Å²) in [5.41, 5.74) is 2.76. The van der Waals surface area contributed by atoms with Gasteiger partial charge in [-0.1, -0.05) is 29.5 Å². The molecule has 0 saturated heterocycles. The number of para-hydroxylation sites is 1. The van der Waals surface area contributed by atoms with Crippen molar-refractivity contribution in [3.05, 3.63) is 40.4 Å². The molecule has 0 spiro atoms. The highest BCUT2D eigenvalue weighted by Crippen LogP contribution is 2.29. The monoisotopic (exact) mass is 360 g/mol. The number of carbonyl (C=O) groups excluding carboxylic acids is 2. The van der Waals surface area contributed by atoms with Gasteiger partial charge in [-0.15, -0.1) is 0 Å². The Morgan fingerprint density at radius 2 is 2.12 bits per heavy atom. The maximum absolute atomic E-state index is 12.5. The van der Waals surface area contributed by atoms with Crippen LogP contribution in [0.15, 0.2) is 24.3 Å². The van der Waals surface area contributed by atoms with Crippen LogP contribution in [0.5, 0.6) is 0 Å². The summed E-state index contributed by atoms with van der Waals surface area (Å²) in [5, 5.41) is 6.07. The number of aryl methyl sites for hydroxylation is 1. The van der Waals surface area contributed by atoms with Crippen LogP contribution in [0, 0.1) is 6.92 Å². The van der Waals surface area contributed by atoms with Gasteiger partial charge in [-0.2, -0.15) is 0 Å². The Balaban J connectivity index is 1.64. The molecule has 1 aromatic carbocycles. The molecule has 3 amide bonds. The molecule has 0 fully saturated rings. The molecule has 7 nitrogen and oxygen atoms in total. The van der Waals surface area contributed by atoms with Gasteiger partial charge in [-0.05, 0) is 25.5 Å². The molecule has 1 aliphatic heterocycles. The standard InChI is InChI=1S/C17H20N4O3S/c1-3-24-17(23)20-15-18-13-8-9-21(10-14(13)25-15)16(22)19-12-7-5-4-6-11(12)2/h4-7H,3,8-10H2,1-2H3,(H,19,22)(H,18,20,23). The van der Waals surface area contributed by atoms with E-state index in [1.54, 1.807) is 11.8 Å². The molecule has 0 bridgehead atoms. The largest absolute Gasteiger partial charge is 0.450 e. The lowest BCUT2D eigenvalue weighted by Gasteiger charge is -2.26. The molecule has 0 atom stereocenters. The number of anilines is 2. The molecule has 2 N–H and O–H groups in total. The van der Waals surface area contributed by atoms with E-state index >= 15 is 0 Å². The van der Waals surface area contributed by atoms with Crippen molar-refractivity contribution in [2.45, 2.75) is 26.8 Å². The number of hydrogen-bond acceptors (Lipinski definition) is 5. The quantitative estimate of drug-likeness (QED) is 0.876. The highest BCUT2D eigenvalue weighted by Gasteiger charge is 2.25. The Morgan fingerprint density at radius 3 is 2.88 bits per heavy atom. The maximum atomic E-state index is 12.5. The van der Waals surface area contributed by atoms with Crippen molar-refractivity contribution < 1.29 is 14.3 Å². The summed E-state index contributed by atoms with van der Waals surface area (Å²) in [6.07, 6.45) is 0.153. The Hall–Kier alpha value is -2.61. The van der Waals surface area contributed by atoms with Crippen LogP contribution in [0.2, 0.25) is 0 Å². The van der Waals surface area contributed by atoms with E-state index in [4.69, 9.17) is 4.74 Å². The normalized spacial score (nSPS) is 13.1. The number of urea groups is 1. The molecular formula is C17H20N4O3S. The van der Waals surface area contributed by atoms with Crippen LogP contribution in [0.1, 0.15) is 23.1 Å². The molecule has 8 heteroatoms. The highest BCUT2D eigenvalue weighted by atomic mass is 32.1. The first-order chi connectivity index (χ1) is 12.1. The third-order valence-electron chi connectivity index (χ3n) is 3.89. The topological polar surface area (TPSA) is 83.6 Å². The fourth-order valence-corrected chi connectivity index (χ4v) is 3.59. The summed E-state index contributed by atoms with van der Waals surface area (Å²) in [4.78, 5) is 31.1. The van der Waals surface area contributed by atoms with Crippen molar-refractivity contribution >= 4 is 34.3 Å². The first-order valence-corrected chi connectivity index (χ1v) is 8.92. The van der Waals surface area contributed by atoms with Gasteiger partial charge in [-0.25, -0.2) is 14.6 Å². The second-order valence-corrected chi connectivity index (χ2v) is 6.73. The van der Waals surface area contributed by atoms with Gasteiger partial charge in [0.05, 0.1) is 18.8 Å². The minimum absolute atomic E-state index is 0.131. The van der Waals surface area contributed by atoms with Crippen molar-refractivity contribution in [1.82, 2.24) is 9.88 Å². The number of ether oxygens (including phenoxy) is 1. The second kappa shape index (κ2) is 7.52. The van der Waals surface area contributed by atoms with E-state index in [2.05, 4.69) is 15.6 Å². The van der Waals surface area contributed by atoms with Gasteiger partial charge >= 0.3 is 12.1 Å². The van der Waals surface area contributed by atoms with E-state index < -0.39 is 6.09 Å². The van der Waals surface area contributed by atoms with Crippen LogP contribution in [0.25, 0.3) is 0 Å². The number of benzene rings is 1. The van der Waals surface area contributed by atoms with Gasteiger partial charge in [-0.3, -0.25) is 5.32 Å². The lowest BCUT2D eigenvalue weighted by molar-refractivity contribution is 0.168. The van der Waals surface area contributed by atoms with E-state index in [0.717, 1.165) is 21.8 Å². The second-order valence-electron chi connectivity index (χ2n) is 5.65. The van der Waals surface area contributed by atoms with E-state index in [0.29, 0.717) is 31.2 Å². The van der Waals surface area contributed by atoms with E-state index in [-0.39, 0.29) is 6.03 Å². The van der Waals surface area contributed by atoms with Gasteiger partial charge in [0.1, 0.15) is 0 Å². The predicted molar refractivity (Wildman–Crippen MR) is 97.1 cm³/mol. The van der Waals surface area contributed by atoms with Crippen LogP contribution in [0.3, 0.4) is 0 Å². The number of carbonyl (C=O) groups is 2. The third kappa shape index (κ3) is 4.08. The van der Waals surface area contributed by atoms with Crippen molar-refractivity contribution in [2.75, 3.05) is 23.8 Å². The lowest BCUT2D eigenvalue weighted by Crippen LogP contribution is -2.38. The number of nitrogens with one attached hydrogen (secondary N) is 2. The zero-order chi connectivity index (χ0) is 17.8. The predicted octanol–water partition coefficient (Wildman–Crippen LogP) is 3.61. The van der Waals surface area contributed by atoms with Gasteiger partial charge in [0.25, 0.3) is 0 Å². The van der Waals surface area contributed by atoms with Crippen molar-refractivity contribution in [1.29, 1.82) is 0 Å². The summed E-state index contributed by atoms with van der Waals surface area (Å²) >= 11 is 1.38. The summed E-state index contributed by atoms with van der Waals surface area (Å²) in [7, 11) is 0. The zero-order valence-electron chi connectivity index (χ0n) is 14.2. The minimum atomic E-state index is -0.511. The first kappa shape index (κ1) is 17.2. The van der Waals surface area contributed by atoms with E-state index in [1.165, 1.54) is 11.3 Å². The molecule has 1 aliphatic rings. The number of fused-ring (bicyclic) bond motifs is 1. The summed E-state index contributed by atoms with van der Waals surface area (Å²) in [6.45, 7) is 5.09. The van der Waals surface area contributed by atoms with Crippen molar-refractivity contribution in [2.24, 2.45) is 0 Å². The average Bonchev–Trinajstić information content (AvgIpc) is 2.98. The van der Waals surface area contributed by atoms with Gasteiger partial charge in [0.2, 0.25) is 0 Å². The maximum Gasteiger partial charge on any atom is 0.413 e. The minimum Gasteiger partial charge on any atom is -0.450 e. The third-order valence-corrected chi connectivity index (χ3v) is 4.89. The Labute approximate surface area is 150 Å². The van der Waals surface area contributed by atoms with Crippen LogP contribution in [-0.2, 0) is 17.7 Å². The van der Waals surface area contributed by atoms with Gasteiger partial charge in [0.15, 0.2) is 5.13 Å². The van der Waals surface area contributed by atoms with E-state index in [9.17, 15) is 9.59 Å². The lowest BCUT2D eigenvalue weighted by atomic mass is 10.2. The number of rotatable bonds is 3. The van der Waals surface area contributed by atoms with Gasteiger partial charge < -0.3 is 15.0 Å². The Bertz CT molecular complexity index is 790. The highest BCUT2D eigenvalue weighted by molar-refractivity contribution is 7.15. The van der Waals surface area contributed by atoms with Crippen LogP contribution in [-0.4, -0.2) is 35.2 Å². The smallest absolute Gasteiger partial charge is 0.413 e. The van der Waals surface area contributed by atoms with Crippen LogP contribution < -0.4 is 10.6 Å². The van der Waals surface area contributed by atoms with Crippen LogP contribution in [0.4, 0.5) is 20.4 Å². The van der Waals surface area contributed by atoms with Crippen molar-refractivity contribution in [3.8, 4) is 0 Å². The molecule has 2 heterocycles. The molecular weight excluding hydrogens is 340 g/mol. The fourth-order valence-electron chi connectivity index (χ4n) is 2.58. The average molecular weight is 360 g/mol. The molecule has 3 rings (SSSR count). The van der Waals surface area contributed by atoms with Crippen molar-refractivity contribution in [3.63, 3.8) is 0 Å². The molecule has 0 saturated carbocycles. The number of thiazole rings is 1. The zero-order valence-corrected chi connectivity index (χ0v) is 15.0. The molecule has 1 aromatic heterocycles. The summed E-state index contributed by atoms with van der Waals surface area (Å²) in [5.74, 6) is 0. The van der Waals surface area contributed by atoms with E-state index in [1.807, 2.05) is 31.2 Å². The first-order valence-electron chi connectivity index (χ1n) is 8.10. The molecule has 0 aliphatic carbocycles. The molecule has 0 unspecified atom stereocenters. The SMILES string of the molecule is CCOC(=O)Nc1nc2c(s1)CN(C(=O)Nc1ccccc1C)CC2. The fraction of sp³-hybridized carbons (Fsp3) is 0.353. The number of aromatic nitrogens is 1. The molecule has 132 valence electrons. The summed E-state index contributed by atoms with van der Waals surface area (Å²) in [6, 6.07) is 7.55. The molecule has 2 aromatic rings. The Kier molecular flexibility index (Phi) is 5.18. The number of amides is 3. The number of hydrogen-bond donors (Lipinski definition) is 2. The number of nitrogens with zero attached hydrogens (tertiary/aromatic N) is 2. The summed E-state index contributed by atoms with van der Waals surface area (Å²) < 4.78 is 4.86. The Morgan fingerprint density at radius 1 is 1.32 bits per heavy atom. The van der Waals surface area contributed by atoms with Crippen LogP contribution >= 0.6 is 11.3 Å². The molecule has 0 radical (unpaired) electrons. The molecule has 25 heavy (non-hydrogen) atoms.